The lowest BCUT2D eigenvalue weighted by Crippen LogP contribution is -2.41. The van der Waals surface area contributed by atoms with Crippen LogP contribution in [0.4, 0.5) is 11.4 Å². The van der Waals surface area contributed by atoms with Gasteiger partial charge in [-0.1, -0.05) is 12.1 Å². The predicted molar refractivity (Wildman–Crippen MR) is 105 cm³/mol. The number of halogens is 1. The van der Waals surface area contributed by atoms with Gasteiger partial charge in [-0.25, -0.2) is 0 Å². The minimum Gasteiger partial charge on any atom is -0.378 e. The molecule has 10 heteroatoms. The summed E-state index contributed by atoms with van der Waals surface area (Å²) in [5.41, 5.74) is 5.24. The minimum absolute atomic E-state index is 0.0659. The molecular weight excluding hydrogens is 432 g/mol. The molecule has 28 heavy (non-hydrogen) atoms. The molecular formula is C18H17BrN4O5. The molecule has 2 aromatic rings. The molecule has 1 aliphatic heterocycles. The number of hydrazine groups is 1. The topological polar surface area (TPSA) is 114 Å². The Morgan fingerprint density at radius 2 is 1.75 bits per heavy atom. The van der Waals surface area contributed by atoms with Gasteiger partial charge >= 0.3 is 0 Å². The highest BCUT2D eigenvalue weighted by atomic mass is 79.9. The fourth-order valence-electron chi connectivity index (χ4n) is 2.78. The summed E-state index contributed by atoms with van der Waals surface area (Å²) in [7, 11) is 0. The summed E-state index contributed by atoms with van der Waals surface area (Å²) < 4.78 is 5.84. The Hall–Kier alpha value is -2.98. The zero-order chi connectivity index (χ0) is 20.1. The van der Waals surface area contributed by atoms with Crippen molar-refractivity contribution in [3.05, 3.63) is 68.2 Å². The van der Waals surface area contributed by atoms with Crippen molar-refractivity contribution < 1.29 is 19.2 Å². The number of rotatable bonds is 4. The third-order valence-corrected chi connectivity index (χ3v) is 4.89. The van der Waals surface area contributed by atoms with Gasteiger partial charge < -0.3 is 9.64 Å². The van der Waals surface area contributed by atoms with E-state index in [4.69, 9.17) is 4.74 Å². The molecule has 1 fully saturated rings. The van der Waals surface area contributed by atoms with Gasteiger partial charge in [-0.3, -0.25) is 30.6 Å². The normalized spacial score (nSPS) is 13.7. The van der Waals surface area contributed by atoms with Crippen LogP contribution in [-0.4, -0.2) is 43.0 Å². The predicted octanol–water partition coefficient (Wildman–Crippen LogP) is 2.27. The molecule has 0 aliphatic carbocycles. The average molecular weight is 449 g/mol. The van der Waals surface area contributed by atoms with E-state index in [1.54, 1.807) is 24.3 Å². The Labute approximate surface area is 168 Å². The first-order valence-corrected chi connectivity index (χ1v) is 9.23. The average Bonchev–Trinajstić information content (AvgIpc) is 2.72. The van der Waals surface area contributed by atoms with Crippen LogP contribution in [0.1, 0.15) is 20.7 Å². The second-order valence-corrected chi connectivity index (χ2v) is 6.80. The van der Waals surface area contributed by atoms with Gasteiger partial charge in [0.05, 0.1) is 23.7 Å². The number of carbonyl (C=O) groups excluding carboxylic acids is 2. The maximum Gasteiger partial charge on any atom is 0.293 e. The molecule has 3 rings (SSSR count). The number of anilines is 1. The molecule has 1 saturated heterocycles. The van der Waals surface area contributed by atoms with Gasteiger partial charge in [-0.05, 0) is 40.2 Å². The van der Waals surface area contributed by atoms with E-state index < -0.39 is 16.7 Å². The molecule has 9 nitrogen and oxygen atoms in total. The molecule has 0 aromatic heterocycles. The molecule has 146 valence electrons. The van der Waals surface area contributed by atoms with Crippen LogP contribution in [0.3, 0.4) is 0 Å². The fraction of sp³-hybridized carbons (Fsp3) is 0.222. The van der Waals surface area contributed by atoms with Crippen LogP contribution in [-0.2, 0) is 4.74 Å². The van der Waals surface area contributed by atoms with Crippen molar-refractivity contribution in [1.29, 1.82) is 0 Å². The molecule has 0 radical (unpaired) electrons. The first kappa shape index (κ1) is 19.8. The van der Waals surface area contributed by atoms with E-state index in [1.165, 1.54) is 18.2 Å². The van der Waals surface area contributed by atoms with E-state index in [9.17, 15) is 19.7 Å². The van der Waals surface area contributed by atoms with Crippen LogP contribution in [0.2, 0.25) is 0 Å². The molecule has 2 N–H and O–H groups in total. The first-order chi connectivity index (χ1) is 13.5. The Morgan fingerprint density at radius 1 is 1.07 bits per heavy atom. The number of nitro groups is 1. The van der Waals surface area contributed by atoms with Crippen LogP contribution in [0.15, 0.2) is 46.9 Å². The molecule has 0 unspecified atom stereocenters. The number of hydrogen-bond acceptors (Lipinski definition) is 6. The second-order valence-electron chi connectivity index (χ2n) is 5.95. The summed E-state index contributed by atoms with van der Waals surface area (Å²) >= 11 is 3.26. The number of carbonyl (C=O) groups is 2. The highest BCUT2D eigenvalue weighted by Gasteiger charge is 2.23. The maximum atomic E-state index is 12.3. The van der Waals surface area contributed by atoms with E-state index in [2.05, 4.69) is 26.8 Å². The number of nitrogens with zero attached hydrogens (tertiary/aromatic N) is 2. The highest BCUT2D eigenvalue weighted by Crippen LogP contribution is 2.29. The number of nitro benzene ring substituents is 1. The van der Waals surface area contributed by atoms with Gasteiger partial charge in [0, 0.05) is 29.2 Å². The molecule has 1 heterocycles. The lowest BCUT2D eigenvalue weighted by atomic mass is 10.1. The number of amides is 2. The molecule has 2 amide bonds. The lowest BCUT2D eigenvalue weighted by Gasteiger charge is -2.28. The molecule has 1 aliphatic rings. The highest BCUT2D eigenvalue weighted by molar-refractivity contribution is 9.10. The van der Waals surface area contributed by atoms with Gasteiger partial charge in [0.2, 0.25) is 0 Å². The van der Waals surface area contributed by atoms with Crippen LogP contribution in [0.25, 0.3) is 0 Å². The second kappa shape index (κ2) is 8.81. The number of benzene rings is 2. The van der Waals surface area contributed by atoms with Crippen LogP contribution < -0.4 is 15.8 Å². The first-order valence-electron chi connectivity index (χ1n) is 8.43. The summed E-state index contributed by atoms with van der Waals surface area (Å²) in [5.74, 6) is -1.17. The molecule has 0 spiro atoms. The molecule has 0 bridgehead atoms. The van der Waals surface area contributed by atoms with Crippen molar-refractivity contribution in [3.8, 4) is 0 Å². The summed E-state index contributed by atoms with van der Waals surface area (Å²) in [4.78, 5) is 37.3. The number of hydrogen-bond donors (Lipinski definition) is 2. The summed E-state index contributed by atoms with van der Waals surface area (Å²) in [6, 6.07) is 11.0. The van der Waals surface area contributed by atoms with E-state index in [1.807, 2.05) is 4.90 Å². The number of ether oxygens (including phenoxy) is 1. The van der Waals surface area contributed by atoms with Crippen molar-refractivity contribution >= 4 is 39.1 Å². The SMILES string of the molecule is O=C(NNC(=O)c1ccccc1Br)c1ccc(N2CCOCC2)c([N+](=O)[O-])c1. The van der Waals surface area contributed by atoms with Crippen LogP contribution >= 0.6 is 15.9 Å². The van der Waals surface area contributed by atoms with Crippen LogP contribution in [0.5, 0.6) is 0 Å². The van der Waals surface area contributed by atoms with Gasteiger partial charge in [0.15, 0.2) is 0 Å². The van der Waals surface area contributed by atoms with Crippen LogP contribution in [0, 0.1) is 10.1 Å². The lowest BCUT2D eigenvalue weighted by molar-refractivity contribution is -0.384. The largest absolute Gasteiger partial charge is 0.378 e. The van der Waals surface area contributed by atoms with Gasteiger partial charge in [0.1, 0.15) is 5.69 Å². The van der Waals surface area contributed by atoms with Crippen molar-refractivity contribution in [1.82, 2.24) is 10.9 Å². The zero-order valence-electron chi connectivity index (χ0n) is 14.7. The fourth-order valence-corrected chi connectivity index (χ4v) is 3.25. The summed E-state index contributed by atoms with van der Waals surface area (Å²) in [6.45, 7) is 2.05. The Morgan fingerprint density at radius 3 is 2.43 bits per heavy atom. The maximum absolute atomic E-state index is 12.3. The summed E-state index contributed by atoms with van der Waals surface area (Å²) in [6.07, 6.45) is 0. The molecule has 0 saturated carbocycles. The third kappa shape index (κ3) is 4.46. The van der Waals surface area contributed by atoms with Crippen molar-refractivity contribution in [2.24, 2.45) is 0 Å². The quantitative estimate of drug-likeness (QED) is 0.547. The third-order valence-electron chi connectivity index (χ3n) is 4.19. The van der Waals surface area contributed by atoms with E-state index in [0.717, 1.165) is 0 Å². The summed E-state index contributed by atoms with van der Waals surface area (Å²) in [5, 5.41) is 11.5. The van der Waals surface area contributed by atoms with Crippen molar-refractivity contribution in [3.63, 3.8) is 0 Å². The van der Waals surface area contributed by atoms with Gasteiger partial charge in [-0.2, -0.15) is 0 Å². The van der Waals surface area contributed by atoms with Crippen molar-refractivity contribution in [2.75, 3.05) is 31.2 Å². The smallest absolute Gasteiger partial charge is 0.293 e. The van der Waals surface area contributed by atoms with E-state index in [-0.39, 0.29) is 11.3 Å². The van der Waals surface area contributed by atoms with Gasteiger partial charge in [0.25, 0.3) is 17.5 Å². The van der Waals surface area contributed by atoms with Gasteiger partial charge in [-0.15, -0.1) is 0 Å². The monoisotopic (exact) mass is 448 g/mol. The zero-order valence-corrected chi connectivity index (χ0v) is 16.3. The van der Waals surface area contributed by atoms with Crippen molar-refractivity contribution in [2.45, 2.75) is 0 Å². The Balaban J connectivity index is 1.73. The Bertz CT molecular complexity index is 915. The number of nitrogens with one attached hydrogen (secondary N) is 2. The standard InChI is InChI=1S/C18H17BrN4O5/c19-14-4-2-1-3-13(14)18(25)21-20-17(24)12-5-6-15(16(11-12)23(26)27)22-7-9-28-10-8-22/h1-6,11H,7-10H2,(H,20,24)(H,21,25). The van der Waals surface area contributed by atoms with E-state index in [0.29, 0.717) is 42.0 Å². The molecule has 2 aromatic carbocycles. The molecule has 0 atom stereocenters. The number of morpholine rings is 1. The van der Waals surface area contributed by atoms with E-state index >= 15 is 0 Å². The minimum atomic E-state index is -0.656. The Kier molecular flexibility index (Phi) is 6.22.